The van der Waals surface area contributed by atoms with E-state index in [1.54, 1.807) is 44.2 Å². The Hall–Kier alpha value is -2.21. The number of nitrogens with zero attached hydrogens (tertiary/aromatic N) is 1. The molecule has 0 unspecified atom stereocenters. The van der Waals surface area contributed by atoms with E-state index in [4.69, 9.17) is 0 Å². The van der Waals surface area contributed by atoms with Gasteiger partial charge in [0.05, 0.1) is 4.90 Å². The molecule has 1 heterocycles. The molecule has 0 saturated carbocycles. The van der Waals surface area contributed by atoms with E-state index in [-0.39, 0.29) is 11.3 Å². The first-order valence-corrected chi connectivity index (χ1v) is 8.22. The van der Waals surface area contributed by atoms with Gasteiger partial charge in [-0.3, -0.25) is 4.72 Å². The van der Waals surface area contributed by atoms with E-state index in [0.717, 1.165) is 0 Å². The van der Waals surface area contributed by atoms with Gasteiger partial charge in [0.15, 0.2) is 0 Å². The zero-order valence-corrected chi connectivity index (χ0v) is 13.2. The number of aromatic nitrogens is 1. The molecule has 0 aliphatic heterocycles. The van der Waals surface area contributed by atoms with Crippen LogP contribution in [-0.4, -0.2) is 13.4 Å². The van der Waals surface area contributed by atoms with Crippen molar-refractivity contribution in [3.63, 3.8) is 0 Å². The van der Waals surface area contributed by atoms with E-state index in [0.29, 0.717) is 16.8 Å². The van der Waals surface area contributed by atoms with Crippen LogP contribution in [0.3, 0.4) is 0 Å². The first kappa shape index (κ1) is 16.2. The predicted octanol–water partition coefficient (Wildman–Crippen LogP) is 2.95. The van der Waals surface area contributed by atoms with Crippen molar-refractivity contribution in [2.24, 2.45) is 0 Å². The van der Waals surface area contributed by atoms with Gasteiger partial charge in [0.1, 0.15) is 0 Å². The standard InChI is InChI=1S/C16H17FN2O2S/c1-12(10-14-9-8-13(2)19-16(14)17)11-18-22(20,21)15-6-4-3-5-7-15/h3-9,11,18H,10H2,1-2H3/b12-11+. The molecule has 116 valence electrons. The summed E-state index contributed by atoms with van der Waals surface area (Å²) in [5.74, 6) is -0.529. The van der Waals surface area contributed by atoms with Crippen LogP contribution in [0, 0.1) is 12.9 Å². The monoisotopic (exact) mass is 320 g/mol. The molecule has 0 fully saturated rings. The average Bonchev–Trinajstić information content (AvgIpc) is 2.49. The molecule has 1 aromatic heterocycles. The Morgan fingerprint density at radius 2 is 1.91 bits per heavy atom. The third kappa shape index (κ3) is 4.14. The molecule has 6 heteroatoms. The van der Waals surface area contributed by atoms with Crippen molar-refractivity contribution in [1.29, 1.82) is 0 Å². The summed E-state index contributed by atoms with van der Waals surface area (Å²) in [6, 6.07) is 11.4. The van der Waals surface area contributed by atoms with E-state index in [2.05, 4.69) is 9.71 Å². The lowest BCUT2D eigenvalue weighted by molar-refractivity contribution is 0.566. The lowest BCUT2D eigenvalue weighted by Gasteiger charge is -2.07. The maximum Gasteiger partial charge on any atom is 0.261 e. The second-order valence-electron chi connectivity index (χ2n) is 5.00. The normalized spacial score (nSPS) is 12.2. The van der Waals surface area contributed by atoms with Crippen LogP contribution >= 0.6 is 0 Å². The van der Waals surface area contributed by atoms with Crippen molar-refractivity contribution < 1.29 is 12.8 Å². The number of sulfonamides is 1. The second-order valence-corrected chi connectivity index (χ2v) is 6.72. The first-order chi connectivity index (χ1) is 10.4. The van der Waals surface area contributed by atoms with E-state index in [1.165, 1.54) is 18.3 Å². The van der Waals surface area contributed by atoms with Crippen molar-refractivity contribution in [3.8, 4) is 0 Å². The highest BCUT2D eigenvalue weighted by atomic mass is 32.2. The number of pyridine rings is 1. The van der Waals surface area contributed by atoms with Crippen LogP contribution in [0.2, 0.25) is 0 Å². The second kappa shape index (κ2) is 6.70. The SMILES string of the molecule is C/C(=C\NS(=O)(=O)c1ccccc1)Cc1ccc(C)nc1F. The molecule has 0 atom stereocenters. The molecule has 0 radical (unpaired) electrons. The quantitative estimate of drug-likeness (QED) is 0.862. The molecule has 1 aromatic carbocycles. The van der Waals surface area contributed by atoms with Crippen LogP contribution in [0.4, 0.5) is 4.39 Å². The Kier molecular flexibility index (Phi) is 4.92. The predicted molar refractivity (Wildman–Crippen MR) is 83.2 cm³/mol. The van der Waals surface area contributed by atoms with Gasteiger partial charge >= 0.3 is 0 Å². The zero-order chi connectivity index (χ0) is 16.2. The number of benzene rings is 1. The number of halogens is 1. The number of hydrogen-bond acceptors (Lipinski definition) is 3. The highest BCUT2D eigenvalue weighted by Crippen LogP contribution is 2.12. The summed E-state index contributed by atoms with van der Waals surface area (Å²) in [6.07, 6.45) is 1.66. The van der Waals surface area contributed by atoms with Crippen LogP contribution in [0.5, 0.6) is 0 Å². The highest BCUT2D eigenvalue weighted by molar-refractivity contribution is 7.89. The molecule has 4 nitrogen and oxygen atoms in total. The van der Waals surface area contributed by atoms with Crippen LogP contribution in [-0.2, 0) is 16.4 Å². The van der Waals surface area contributed by atoms with Gasteiger partial charge in [-0.1, -0.05) is 29.8 Å². The smallest absolute Gasteiger partial charge is 0.261 e. The summed E-state index contributed by atoms with van der Waals surface area (Å²) in [5.41, 5.74) is 1.72. The van der Waals surface area contributed by atoms with Gasteiger partial charge in [0.25, 0.3) is 10.0 Å². The van der Waals surface area contributed by atoms with Gasteiger partial charge in [0.2, 0.25) is 5.95 Å². The van der Waals surface area contributed by atoms with E-state index < -0.39 is 16.0 Å². The molecule has 0 saturated heterocycles. The van der Waals surface area contributed by atoms with Gasteiger partial charge in [-0.15, -0.1) is 0 Å². The van der Waals surface area contributed by atoms with Crippen molar-refractivity contribution in [2.45, 2.75) is 25.2 Å². The molecule has 0 aliphatic carbocycles. The van der Waals surface area contributed by atoms with Gasteiger partial charge in [0, 0.05) is 17.5 Å². The van der Waals surface area contributed by atoms with Crippen LogP contribution < -0.4 is 4.72 Å². The summed E-state index contributed by atoms with van der Waals surface area (Å²) in [5, 5.41) is 0. The minimum absolute atomic E-state index is 0.183. The van der Waals surface area contributed by atoms with Crippen molar-refractivity contribution in [2.75, 3.05) is 0 Å². The third-order valence-corrected chi connectivity index (χ3v) is 4.37. The molecule has 1 N–H and O–H groups in total. The highest BCUT2D eigenvalue weighted by Gasteiger charge is 2.11. The molecular formula is C16H17FN2O2S. The molecule has 2 aromatic rings. The summed E-state index contributed by atoms with van der Waals surface area (Å²) in [4.78, 5) is 3.93. The molecule has 22 heavy (non-hydrogen) atoms. The minimum Gasteiger partial charge on any atom is -0.286 e. The molecule has 0 aliphatic rings. The Morgan fingerprint density at radius 3 is 2.55 bits per heavy atom. The first-order valence-electron chi connectivity index (χ1n) is 6.73. The molecule has 0 spiro atoms. The van der Waals surface area contributed by atoms with E-state index in [9.17, 15) is 12.8 Å². The van der Waals surface area contributed by atoms with Crippen LogP contribution in [0.1, 0.15) is 18.2 Å². The Bertz CT molecular complexity index is 787. The van der Waals surface area contributed by atoms with Crippen molar-refractivity contribution in [3.05, 3.63) is 71.4 Å². The molecule has 0 amide bonds. The fourth-order valence-electron chi connectivity index (χ4n) is 1.88. The minimum atomic E-state index is -3.60. The van der Waals surface area contributed by atoms with Gasteiger partial charge in [-0.2, -0.15) is 4.39 Å². The lowest BCUT2D eigenvalue weighted by atomic mass is 10.1. The summed E-state index contributed by atoms with van der Waals surface area (Å²) in [7, 11) is -3.60. The van der Waals surface area contributed by atoms with Gasteiger partial charge in [-0.25, -0.2) is 13.4 Å². The fraction of sp³-hybridized carbons (Fsp3) is 0.188. The number of hydrogen-bond donors (Lipinski definition) is 1. The zero-order valence-electron chi connectivity index (χ0n) is 12.4. The number of nitrogens with one attached hydrogen (secondary N) is 1. The third-order valence-electron chi connectivity index (χ3n) is 3.05. The summed E-state index contributed by atoms with van der Waals surface area (Å²) in [6.45, 7) is 3.44. The van der Waals surface area contributed by atoms with Crippen molar-refractivity contribution >= 4 is 10.0 Å². The molecule has 2 rings (SSSR count). The fourth-order valence-corrected chi connectivity index (χ4v) is 2.89. The van der Waals surface area contributed by atoms with E-state index in [1.807, 2.05) is 0 Å². The average molecular weight is 320 g/mol. The van der Waals surface area contributed by atoms with Gasteiger partial charge < -0.3 is 0 Å². The number of aryl methyl sites for hydroxylation is 1. The van der Waals surface area contributed by atoms with Gasteiger partial charge in [-0.05, 0) is 38.5 Å². The maximum absolute atomic E-state index is 13.7. The summed E-state index contributed by atoms with van der Waals surface area (Å²) >= 11 is 0. The van der Waals surface area contributed by atoms with Crippen LogP contribution in [0.25, 0.3) is 0 Å². The number of allylic oxidation sites excluding steroid dienone is 1. The number of rotatable bonds is 5. The topological polar surface area (TPSA) is 59.1 Å². The van der Waals surface area contributed by atoms with E-state index >= 15 is 0 Å². The Labute approximate surface area is 129 Å². The summed E-state index contributed by atoms with van der Waals surface area (Å²) < 4.78 is 40.2. The maximum atomic E-state index is 13.7. The van der Waals surface area contributed by atoms with Crippen LogP contribution in [0.15, 0.2) is 59.1 Å². The molecular weight excluding hydrogens is 303 g/mol. The molecule has 0 bridgehead atoms. The Balaban J connectivity index is 2.10. The lowest BCUT2D eigenvalue weighted by Crippen LogP contribution is -2.18. The van der Waals surface area contributed by atoms with Crippen molar-refractivity contribution in [1.82, 2.24) is 9.71 Å². The Morgan fingerprint density at radius 1 is 1.23 bits per heavy atom. The largest absolute Gasteiger partial charge is 0.286 e.